The Bertz CT molecular complexity index is 407. The molecule has 1 aromatic carbocycles. The van der Waals surface area contributed by atoms with Crippen LogP contribution < -0.4 is 5.12 Å². The molecular weight excluding hydrogens is 223 g/mol. The van der Waals surface area contributed by atoms with Crippen LogP contribution in [0.4, 0.5) is 0 Å². The number of nitrogens with one attached hydrogen (secondary N) is 1. The van der Waals surface area contributed by atoms with Crippen LogP contribution in [0.25, 0.3) is 0 Å². The van der Waals surface area contributed by atoms with Crippen molar-refractivity contribution in [3.05, 3.63) is 40.9 Å². The molecule has 4 nitrogen and oxygen atoms in total. The highest BCUT2D eigenvalue weighted by molar-refractivity contribution is 6.35. The van der Waals surface area contributed by atoms with E-state index in [1.165, 1.54) is 0 Å². The van der Waals surface area contributed by atoms with E-state index in [0.717, 1.165) is 5.56 Å². The van der Waals surface area contributed by atoms with Crippen LogP contribution in [0.3, 0.4) is 0 Å². The van der Waals surface area contributed by atoms with Gasteiger partial charge in [0, 0.05) is 20.8 Å². The Morgan fingerprint density at radius 1 is 1.14 bits per heavy atom. The maximum atomic E-state index is 5.83. The van der Waals surface area contributed by atoms with Crippen molar-refractivity contribution in [2.75, 3.05) is 0 Å². The summed E-state index contributed by atoms with van der Waals surface area (Å²) in [5.74, 6) is 0.486. The van der Waals surface area contributed by atoms with Crippen molar-refractivity contribution in [1.82, 2.24) is 0 Å². The van der Waals surface area contributed by atoms with Crippen LogP contribution in [-0.4, -0.2) is 5.84 Å². The number of hydrogen-bond acceptors (Lipinski definition) is 3. The third-order valence-corrected chi connectivity index (χ3v) is 2.05. The van der Waals surface area contributed by atoms with Crippen LogP contribution in [-0.2, 0) is 0 Å². The molecule has 1 atom stereocenters. The topological polar surface area (TPSA) is 41.5 Å². The molecule has 2 rings (SSSR count). The molecule has 1 heterocycles. The molecule has 1 aromatic rings. The Morgan fingerprint density at radius 2 is 1.79 bits per heavy atom. The molecule has 0 saturated heterocycles. The molecule has 0 aromatic heterocycles. The Kier molecular flexibility index (Phi) is 2.50. The van der Waals surface area contributed by atoms with Gasteiger partial charge in [-0.3, -0.25) is 0 Å². The summed E-state index contributed by atoms with van der Waals surface area (Å²) in [5.41, 5.74) is 0.741. The van der Waals surface area contributed by atoms with E-state index in [4.69, 9.17) is 23.2 Å². The lowest BCUT2D eigenvalue weighted by Gasteiger charge is -1.98. The van der Waals surface area contributed by atoms with Crippen molar-refractivity contribution < 1.29 is 5.12 Å². The SMILES string of the molecule is [CH2-][NH+]1N=NC(c2cc(Cl)cc(Cl)c2)=N1. The summed E-state index contributed by atoms with van der Waals surface area (Å²) in [6.45, 7) is 0. The first-order valence-electron chi connectivity index (χ1n) is 3.81. The van der Waals surface area contributed by atoms with Gasteiger partial charge in [-0.2, -0.15) is 5.12 Å². The third-order valence-electron chi connectivity index (χ3n) is 1.62. The quantitative estimate of drug-likeness (QED) is 0.712. The van der Waals surface area contributed by atoms with Crippen molar-refractivity contribution in [2.24, 2.45) is 15.4 Å². The summed E-state index contributed by atoms with van der Waals surface area (Å²) in [5, 5.41) is 13.0. The zero-order valence-electron chi connectivity index (χ0n) is 7.04. The van der Waals surface area contributed by atoms with Gasteiger partial charge in [-0.1, -0.05) is 40.5 Å². The van der Waals surface area contributed by atoms with E-state index in [1.54, 1.807) is 18.2 Å². The number of benzene rings is 1. The van der Waals surface area contributed by atoms with Crippen LogP contribution in [0, 0.1) is 7.05 Å². The van der Waals surface area contributed by atoms with Crippen LogP contribution in [0.5, 0.6) is 0 Å². The molecule has 0 bridgehead atoms. The first kappa shape index (κ1) is 9.58. The third kappa shape index (κ3) is 1.92. The van der Waals surface area contributed by atoms with Gasteiger partial charge in [-0.15, -0.1) is 0 Å². The van der Waals surface area contributed by atoms with E-state index in [2.05, 4.69) is 22.5 Å². The maximum Gasteiger partial charge on any atom is 0.241 e. The minimum Gasteiger partial charge on any atom is -0.192 e. The fraction of sp³-hybridized carbons (Fsp3) is 0. The van der Waals surface area contributed by atoms with E-state index in [1.807, 2.05) is 0 Å². The summed E-state index contributed by atoms with van der Waals surface area (Å²) in [6.07, 6.45) is 0. The number of hydrogen-bond donors (Lipinski definition) is 1. The van der Waals surface area contributed by atoms with Crippen LogP contribution >= 0.6 is 23.2 Å². The first-order chi connectivity index (χ1) is 6.65. The first-order valence-corrected chi connectivity index (χ1v) is 4.56. The molecule has 1 aliphatic rings. The second-order valence-electron chi connectivity index (χ2n) is 2.71. The predicted octanol–water partition coefficient (Wildman–Crippen LogP) is 1.71. The molecule has 1 N–H and O–H groups in total. The second-order valence-corrected chi connectivity index (χ2v) is 3.58. The van der Waals surface area contributed by atoms with Gasteiger partial charge in [0.25, 0.3) is 0 Å². The van der Waals surface area contributed by atoms with Gasteiger partial charge in [0.05, 0.1) is 0 Å². The average molecular weight is 229 g/mol. The maximum absolute atomic E-state index is 5.83. The van der Waals surface area contributed by atoms with Crippen molar-refractivity contribution >= 4 is 29.0 Å². The predicted molar refractivity (Wildman–Crippen MR) is 54.2 cm³/mol. The smallest absolute Gasteiger partial charge is 0.192 e. The zero-order valence-corrected chi connectivity index (χ0v) is 8.55. The molecule has 0 amide bonds. The standard InChI is InChI=1S/C8H6Cl2N4/c1-14-12-8(11-13-14)5-2-6(9)4-7(10)3-5/h2-4,14H,1H2. The summed E-state index contributed by atoms with van der Waals surface area (Å²) >= 11 is 11.7. The highest BCUT2D eigenvalue weighted by atomic mass is 35.5. The highest BCUT2D eigenvalue weighted by Gasteiger charge is 2.12. The molecule has 14 heavy (non-hydrogen) atoms. The fourth-order valence-corrected chi connectivity index (χ4v) is 1.60. The summed E-state index contributed by atoms with van der Waals surface area (Å²) < 4.78 is 0. The summed E-state index contributed by atoms with van der Waals surface area (Å²) in [7, 11) is 3.56. The monoisotopic (exact) mass is 228 g/mol. The van der Waals surface area contributed by atoms with E-state index < -0.39 is 0 Å². The molecule has 0 spiro atoms. The van der Waals surface area contributed by atoms with E-state index in [9.17, 15) is 0 Å². The van der Waals surface area contributed by atoms with E-state index in [0.29, 0.717) is 21.0 Å². The Morgan fingerprint density at radius 3 is 2.29 bits per heavy atom. The van der Waals surface area contributed by atoms with Gasteiger partial charge in [-0.05, 0) is 18.2 Å². The molecule has 1 aliphatic heterocycles. The van der Waals surface area contributed by atoms with Crippen molar-refractivity contribution in [1.29, 1.82) is 0 Å². The van der Waals surface area contributed by atoms with Gasteiger partial charge in [0.1, 0.15) is 0 Å². The van der Waals surface area contributed by atoms with Gasteiger partial charge in [-0.25, -0.2) is 0 Å². The largest absolute Gasteiger partial charge is 0.241 e. The molecule has 0 radical (unpaired) electrons. The number of quaternary nitrogens is 1. The number of amidine groups is 1. The molecule has 72 valence electrons. The number of nitrogens with zero attached hydrogens (tertiary/aromatic N) is 3. The molecular formula is C8H6Cl2N4. The Labute approximate surface area is 90.8 Å². The number of rotatable bonds is 1. The number of halogens is 2. The second kappa shape index (κ2) is 3.65. The van der Waals surface area contributed by atoms with Crippen LogP contribution in [0.2, 0.25) is 10.0 Å². The molecule has 6 heteroatoms. The van der Waals surface area contributed by atoms with Gasteiger partial charge in [0.15, 0.2) is 0 Å². The summed E-state index contributed by atoms with van der Waals surface area (Å²) in [4.78, 5) is 0. The fourth-order valence-electron chi connectivity index (χ4n) is 1.08. The van der Waals surface area contributed by atoms with Gasteiger partial charge < -0.3 is 0 Å². The van der Waals surface area contributed by atoms with E-state index >= 15 is 0 Å². The van der Waals surface area contributed by atoms with Crippen molar-refractivity contribution in [3.8, 4) is 0 Å². The minimum absolute atomic E-state index is 0.385. The van der Waals surface area contributed by atoms with Gasteiger partial charge >= 0.3 is 0 Å². The highest BCUT2D eigenvalue weighted by Crippen LogP contribution is 2.20. The minimum atomic E-state index is 0.385. The molecule has 0 aliphatic carbocycles. The Balaban J connectivity index is 2.42. The van der Waals surface area contributed by atoms with Gasteiger partial charge in [0.2, 0.25) is 5.84 Å². The lowest BCUT2D eigenvalue weighted by Crippen LogP contribution is -2.95. The van der Waals surface area contributed by atoms with Crippen molar-refractivity contribution in [2.45, 2.75) is 0 Å². The Hall–Kier alpha value is -0.970. The summed E-state index contributed by atoms with van der Waals surface area (Å²) in [6, 6.07) is 5.10. The van der Waals surface area contributed by atoms with Crippen LogP contribution in [0.1, 0.15) is 5.56 Å². The average Bonchev–Trinajstić information content (AvgIpc) is 2.50. The zero-order chi connectivity index (χ0) is 10.1. The lowest BCUT2D eigenvalue weighted by atomic mass is 10.2. The molecule has 0 fully saturated rings. The van der Waals surface area contributed by atoms with Crippen molar-refractivity contribution in [3.63, 3.8) is 0 Å². The van der Waals surface area contributed by atoms with Crippen LogP contribution in [0.15, 0.2) is 33.6 Å². The molecule has 0 saturated carbocycles. The normalized spacial score (nSPS) is 19.9. The lowest BCUT2D eigenvalue weighted by molar-refractivity contribution is -0.868. The molecule has 1 unspecified atom stereocenters. The van der Waals surface area contributed by atoms with E-state index in [-0.39, 0.29) is 0 Å².